The summed E-state index contributed by atoms with van der Waals surface area (Å²) in [7, 11) is 0. The second-order valence-electron chi connectivity index (χ2n) is 4.23. The van der Waals surface area contributed by atoms with Crippen molar-refractivity contribution in [1.82, 2.24) is 5.32 Å². The van der Waals surface area contributed by atoms with Crippen molar-refractivity contribution in [2.75, 3.05) is 0 Å². The van der Waals surface area contributed by atoms with Crippen LogP contribution in [0.5, 0.6) is 0 Å². The standard InChI is InChI=1S/C15H12BrCl2NO/c16-8-10-4-6-11(7-5-10)9-19-15(20)12-2-1-3-13(17)14(12)18/h1-7H,8-9H2,(H,19,20). The van der Waals surface area contributed by atoms with Crippen molar-refractivity contribution >= 4 is 45.0 Å². The first-order valence-electron chi connectivity index (χ1n) is 5.98. The molecule has 0 aliphatic rings. The summed E-state index contributed by atoms with van der Waals surface area (Å²) in [6, 6.07) is 13.0. The zero-order valence-corrected chi connectivity index (χ0v) is 13.6. The lowest BCUT2D eigenvalue weighted by Crippen LogP contribution is -2.23. The molecule has 104 valence electrons. The van der Waals surface area contributed by atoms with Crippen LogP contribution in [0.3, 0.4) is 0 Å². The number of carbonyl (C=O) groups is 1. The lowest BCUT2D eigenvalue weighted by molar-refractivity contribution is 0.0951. The van der Waals surface area contributed by atoms with Crippen LogP contribution in [-0.2, 0) is 11.9 Å². The van der Waals surface area contributed by atoms with Gasteiger partial charge in [0, 0.05) is 11.9 Å². The highest BCUT2D eigenvalue weighted by molar-refractivity contribution is 9.08. The molecule has 0 bridgehead atoms. The fourth-order valence-electron chi connectivity index (χ4n) is 1.70. The highest BCUT2D eigenvalue weighted by Gasteiger charge is 2.11. The zero-order chi connectivity index (χ0) is 14.5. The zero-order valence-electron chi connectivity index (χ0n) is 10.5. The summed E-state index contributed by atoms with van der Waals surface area (Å²) in [5.41, 5.74) is 2.61. The molecule has 5 heteroatoms. The predicted molar refractivity (Wildman–Crippen MR) is 86.7 cm³/mol. The Morgan fingerprint density at radius 3 is 2.35 bits per heavy atom. The largest absolute Gasteiger partial charge is 0.348 e. The van der Waals surface area contributed by atoms with Gasteiger partial charge in [-0.1, -0.05) is 69.5 Å². The lowest BCUT2D eigenvalue weighted by atomic mass is 10.1. The Hall–Kier alpha value is -1.03. The van der Waals surface area contributed by atoms with E-state index in [2.05, 4.69) is 21.2 Å². The Bertz CT molecular complexity index is 614. The van der Waals surface area contributed by atoms with Crippen LogP contribution in [0, 0.1) is 0 Å². The van der Waals surface area contributed by atoms with E-state index in [-0.39, 0.29) is 10.9 Å². The lowest BCUT2D eigenvalue weighted by Gasteiger charge is -2.08. The number of carbonyl (C=O) groups excluding carboxylic acids is 1. The van der Waals surface area contributed by atoms with Crippen LogP contribution in [0.4, 0.5) is 0 Å². The van der Waals surface area contributed by atoms with E-state index in [1.807, 2.05) is 24.3 Å². The van der Waals surface area contributed by atoms with Crippen LogP contribution in [-0.4, -0.2) is 5.91 Å². The first-order chi connectivity index (χ1) is 9.61. The van der Waals surface area contributed by atoms with Crippen LogP contribution in [0.1, 0.15) is 21.5 Å². The summed E-state index contributed by atoms with van der Waals surface area (Å²) < 4.78 is 0. The van der Waals surface area contributed by atoms with Crippen LogP contribution >= 0.6 is 39.1 Å². The van der Waals surface area contributed by atoms with Crippen molar-refractivity contribution in [1.29, 1.82) is 0 Å². The van der Waals surface area contributed by atoms with Gasteiger partial charge in [0.15, 0.2) is 0 Å². The molecule has 2 nitrogen and oxygen atoms in total. The summed E-state index contributed by atoms with van der Waals surface area (Å²) in [4.78, 5) is 12.1. The third-order valence-electron chi connectivity index (χ3n) is 2.83. The maximum absolute atomic E-state index is 12.1. The van der Waals surface area contributed by atoms with Gasteiger partial charge in [0.1, 0.15) is 0 Å². The Labute approximate surface area is 136 Å². The molecule has 2 rings (SSSR count). The number of rotatable bonds is 4. The first kappa shape index (κ1) is 15.4. The smallest absolute Gasteiger partial charge is 0.253 e. The molecule has 1 amide bonds. The summed E-state index contributed by atoms with van der Waals surface area (Å²) in [5, 5.41) is 4.30. The number of benzene rings is 2. The van der Waals surface area contributed by atoms with Gasteiger partial charge in [-0.05, 0) is 23.3 Å². The summed E-state index contributed by atoms with van der Waals surface area (Å²) in [6.45, 7) is 0.449. The molecule has 0 aliphatic heterocycles. The SMILES string of the molecule is O=C(NCc1ccc(CBr)cc1)c1cccc(Cl)c1Cl. The Morgan fingerprint density at radius 1 is 1.05 bits per heavy atom. The van der Waals surface area contributed by atoms with Crippen LogP contribution in [0.2, 0.25) is 10.0 Å². The highest BCUT2D eigenvalue weighted by atomic mass is 79.9. The maximum atomic E-state index is 12.1. The molecule has 20 heavy (non-hydrogen) atoms. The van der Waals surface area contributed by atoms with Gasteiger partial charge in [0.25, 0.3) is 5.91 Å². The van der Waals surface area contributed by atoms with Crippen molar-refractivity contribution in [2.24, 2.45) is 0 Å². The van der Waals surface area contributed by atoms with Crippen molar-refractivity contribution in [3.63, 3.8) is 0 Å². The quantitative estimate of drug-likeness (QED) is 0.766. The highest BCUT2D eigenvalue weighted by Crippen LogP contribution is 2.25. The number of hydrogen-bond donors (Lipinski definition) is 1. The second kappa shape index (κ2) is 7.11. The Kier molecular flexibility index (Phi) is 5.46. The number of hydrogen-bond acceptors (Lipinski definition) is 1. The van der Waals surface area contributed by atoms with Crippen molar-refractivity contribution in [2.45, 2.75) is 11.9 Å². The molecular formula is C15H12BrCl2NO. The predicted octanol–water partition coefficient (Wildman–Crippen LogP) is 4.82. The van der Waals surface area contributed by atoms with Gasteiger partial charge >= 0.3 is 0 Å². The van der Waals surface area contributed by atoms with Crippen molar-refractivity contribution < 1.29 is 4.79 Å². The van der Waals surface area contributed by atoms with E-state index in [0.717, 1.165) is 10.9 Å². The molecule has 0 radical (unpaired) electrons. The molecule has 2 aromatic rings. The maximum Gasteiger partial charge on any atom is 0.253 e. The Morgan fingerprint density at radius 2 is 1.70 bits per heavy atom. The van der Waals surface area contributed by atoms with E-state index in [1.54, 1.807) is 18.2 Å². The minimum atomic E-state index is -0.234. The molecule has 2 aromatic carbocycles. The van der Waals surface area contributed by atoms with Gasteiger partial charge in [-0.2, -0.15) is 0 Å². The molecule has 0 saturated heterocycles. The normalized spacial score (nSPS) is 10.3. The Balaban J connectivity index is 2.02. The number of halogens is 3. The van der Waals surface area contributed by atoms with Gasteiger partial charge in [-0.25, -0.2) is 0 Å². The van der Waals surface area contributed by atoms with Gasteiger partial charge in [-0.3, -0.25) is 4.79 Å². The topological polar surface area (TPSA) is 29.1 Å². The molecule has 0 aliphatic carbocycles. The fraction of sp³-hybridized carbons (Fsp3) is 0.133. The summed E-state index contributed by atoms with van der Waals surface area (Å²) in [5.74, 6) is -0.234. The number of alkyl halides is 1. The summed E-state index contributed by atoms with van der Waals surface area (Å²) >= 11 is 15.3. The minimum Gasteiger partial charge on any atom is -0.348 e. The average Bonchev–Trinajstić information content (AvgIpc) is 2.48. The molecule has 0 saturated carbocycles. The van der Waals surface area contributed by atoms with Gasteiger partial charge in [0.05, 0.1) is 15.6 Å². The molecule has 0 atom stereocenters. The van der Waals surface area contributed by atoms with Gasteiger partial charge < -0.3 is 5.32 Å². The van der Waals surface area contributed by atoms with E-state index in [9.17, 15) is 4.79 Å². The van der Waals surface area contributed by atoms with Gasteiger partial charge in [0.2, 0.25) is 0 Å². The molecular weight excluding hydrogens is 361 g/mol. The molecule has 0 aromatic heterocycles. The van der Waals surface area contributed by atoms with E-state index in [1.165, 1.54) is 5.56 Å². The van der Waals surface area contributed by atoms with Crippen LogP contribution in [0.25, 0.3) is 0 Å². The fourth-order valence-corrected chi connectivity index (χ4v) is 2.46. The third-order valence-corrected chi connectivity index (χ3v) is 4.29. The van der Waals surface area contributed by atoms with E-state index >= 15 is 0 Å². The first-order valence-corrected chi connectivity index (χ1v) is 7.85. The average molecular weight is 373 g/mol. The number of nitrogens with one attached hydrogen (secondary N) is 1. The van der Waals surface area contributed by atoms with E-state index < -0.39 is 0 Å². The summed E-state index contributed by atoms with van der Waals surface area (Å²) in [6.07, 6.45) is 0. The number of amides is 1. The molecule has 0 fully saturated rings. The third kappa shape index (κ3) is 3.75. The second-order valence-corrected chi connectivity index (χ2v) is 5.58. The van der Waals surface area contributed by atoms with Crippen LogP contribution < -0.4 is 5.32 Å². The monoisotopic (exact) mass is 371 g/mol. The minimum absolute atomic E-state index is 0.234. The van der Waals surface area contributed by atoms with E-state index in [4.69, 9.17) is 23.2 Å². The molecule has 0 spiro atoms. The van der Waals surface area contributed by atoms with Crippen molar-refractivity contribution in [3.05, 3.63) is 69.2 Å². The van der Waals surface area contributed by atoms with E-state index in [0.29, 0.717) is 17.1 Å². The molecule has 1 N–H and O–H groups in total. The van der Waals surface area contributed by atoms with Gasteiger partial charge in [-0.15, -0.1) is 0 Å². The van der Waals surface area contributed by atoms with Crippen LogP contribution in [0.15, 0.2) is 42.5 Å². The molecule has 0 heterocycles. The molecule has 0 unspecified atom stereocenters. The van der Waals surface area contributed by atoms with Crippen molar-refractivity contribution in [3.8, 4) is 0 Å².